The van der Waals surface area contributed by atoms with Gasteiger partial charge in [0.25, 0.3) is 11.8 Å². The van der Waals surface area contributed by atoms with Crippen molar-refractivity contribution in [3.05, 3.63) is 71.1 Å². The highest BCUT2D eigenvalue weighted by atomic mass is 19.1. The van der Waals surface area contributed by atoms with Gasteiger partial charge in [0.05, 0.1) is 13.2 Å². The van der Waals surface area contributed by atoms with E-state index < -0.39 is 29.8 Å². The van der Waals surface area contributed by atoms with Gasteiger partial charge in [-0.3, -0.25) is 9.59 Å². The van der Waals surface area contributed by atoms with Crippen molar-refractivity contribution in [1.82, 2.24) is 20.1 Å². The maximum Gasteiger partial charge on any atom is 0.291 e. The molecule has 164 valence electrons. The fraction of sp³-hybridized carbons (Fsp3) is 0.273. The fourth-order valence-corrected chi connectivity index (χ4v) is 3.75. The minimum atomic E-state index is -1.05. The lowest BCUT2D eigenvalue weighted by Crippen LogP contribution is -2.46. The Morgan fingerprint density at radius 2 is 2.09 bits per heavy atom. The lowest BCUT2D eigenvalue weighted by Gasteiger charge is -2.22. The highest BCUT2D eigenvalue weighted by Gasteiger charge is 2.32. The number of ether oxygens (including phenoxy) is 2. The summed E-state index contributed by atoms with van der Waals surface area (Å²) in [7, 11) is 0. The molecular weight excluding hydrogens is 417 g/mol. The summed E-state index contributed by atoms with van der Waals surface area (Å²) in [4.78, 5) is 29.8. The molecule has 1 aromatic heterocycles. The first-order chi connectivity index (χ1) is 15.5. The summed E-state index contributed by atoms with van der Waals surface area (Å²) in [5.41, 5.74) is 1.51. The van der Waals surface area contributed by atoms with Crippen LogP contribution < -0.4 is 15.4 Å². The van der Waals surface area contributed by atoms with Crippen LogP contribution in [-0.4, -0.2) is 45.8 Å². The summed E-state index contributed by atoms with van der Waals surface area (Å²) in [5, 5.41) is 9.35. The van der Waals surface area contributed by atoms with E-state index in [2.05, 4.69) is 20.7 Å². The van der Waals surface area contributed by atoms with E-state index in [4.69, 9.17) is 9.47 Å². The Morgan fingerprint density at radius 3 is 2.91 bits per heavy atom. The number of carbonyl (C=O) groups excluding carboxylic acids is 2. The number of benzene rings is 2. The maximum atomic E-state index is 14.2. The number of rotatable bonds is 3. The summed E-state index contributed by atoms with van der Waals surface area (Å²) in [6, 6.07) is 11.4. The molecule has 2 amide bonds. The first-order valence-electron chi connectivity index (χ1n) is 10.2. The van der Waals surface area contributed by atoms with Gasteiger partial charge in [-0.05, 0) is 30.2 Å². The molecule has 2 N–H and O–H groups in total. The number of nitrogens with one attached hydrogen (secondary N) is 2. The highest BCUT2D eigenvalue weighted by Crippen LogP contribution is 2.31. The first-order valence-corrected chi connectivity index (χ1v) is 10.2. The van der Waals surface area contributed by atoms with E-state index >= 15 is 0 Å². The van der Waals surface area contributed by atoms with Crippen molar-refractivity contribution in [2.75, 3.05) is 18.5 Å². The summed E-state index contributed by atoms with van der Waals surface area (Å²) in [5.74, 6) is -1.18. The molecule has 0 saturated heterocycles. The van der Waals surface area contributed by atoms with Gasteiger partial charge in [-0.15, -0.1) is 5.10 Å². The molecule has 0 spiro atoms. The van der Waals surface area contributed by atoms with Gasteiger partial charge < -0.3 is 20.1 Å². The largest absolute Gasteiger partial charge is 0.489 e. The number of amides is 2. The maximum absolute atomic E-state index is 14.2. The number of hydrogen-bond donors (Lipinski definition) is 2. The average Bonchev–Trinajstić information content (AvgIpc) is 3.17. The number of aromatic nitrogens is 3. The molecule has 0 saturated carbocycles. The zero-order valence-corrected chi connectivity index (χ0v) is 17.2. The molecule has 32 heavy (non-hydrogen) atoms. The summed E-state index contributed by atoms with van der Waals surface area (Å²) in [6.45, 7) is 2.45. The van der Waals surface area contributed by atoms with Crippen LogP contribution in [0.4, 0.5) is 10.1 Å². The quantitative estimate of drug-likeness (QED) is 0.649. The molecule has 3 aromatic rings. The van der Waals surface area contributed by atoms with Crippen LogP contribution in [0.15, 0.2) is 42.5 Å². The Bertz CT molecular complexity index is 1200. The molecule has 3 heterocycles. The molecular formula is C22H20FN5O4. The zero-order valence-electron chi connectivity index (χ0n) is 17.2. The van der Waals surface area contributed by atoms with E-state index in [0.29, 0.717) is 24.5 Å². The second-order valence-electron chi connectivity index (χ2n) is 7.62. The van der Waals surface area contributed by atoms with Crippen molar-refractivity contribution in [3.63, 3.8) is 0 Å². The topological polar surface area (TPSA) is 107 Å². The van der Waals surface area contributed by atoms with Crippen molar-refractivity contribution >= 4 is 17.5 Å². The van der Waals surface area contributed by atoms with Gasteiger partial charge in [0.2, 0.25) is 5.82 Å². The predicted molar refractivity (Wildman–Crippen MR) is 111 cm³/mol. The molecule has 0 radical (unpaired) electrons. The van der Waals surface area contributed by atoms with Gasteiger partial charge in [0.15, 0.2) is 11.6 Å². The van der Waals surface area contributed by atoms with E-state index in [9.17, 15) is 14.0 Å². The lowest BCUT2D eigenvalue weighted by molar-refractivity contribution is -0.118. The highest BCUT2D eigenvalue weighted by molar-refractivity contribution is 6.01. The monoisotopic (exact) mass is 437 g/mol. The van der Waals surface area contributed by atoms with Crippen molar-refractivity contribution < 1.29 is 23.5 Å². The van der Waals surface area contributed by atoms with Crippen LogP contribution in [0.2, 0.25) is 0 Å². The number of carbonyl (C=O) groups is 2. The van der Waals surface area contributed by atoms with Crippen LogP contribution in [-0.2, 0) is 16.1 Å². The molecule has 9 nitrogen and oxygen atoms in total. The van der Waals surface area contributed by atoms with Gasteiger partial charge in [-0.2, -0.15) is 0 Å². The van der Waals surface area contributed by atoms with E-state index in [1.165, 1.54) is 6.07 Å². The first kappa shape index (κ1) is 20.1. The molecule has 2 aliphatic heterocycles. The van der Waals surface area contributed by atoms with E-state index in [1.54, 1.807) is 17.7 Å². The molecule has 2 atom stereocenters. The fourth-order valence-electron chi connectivity index (χ4n) is 3.75. The Hall–Kier alpha value is -3.79. The van der Waals surface area contributed by atoms with Crippen molar-refractivity contribution in [1.29, 1.82) is 0 Å². The van der Waals surface area contributed by atoms with Crippen LogP contribution in [0.1, 0.15) is 33.7 Å². The molecule has 2 aromatic carbocycles. The molecule has 0 bridgehead atoms. The number of aryl methyl sites for hydroxylation is 1. The minimum absolute atomic E-state index is 0.0456. The predicted octanol–water partition coefficient (Wildman–Crippen LogP) is 1.97. The van der Waals surface area contributed by atoms with Crippen LogP contribution in [0.5, 0.6) is 5.75 Å². The van der Waals surface area contributed by atoms with Crippen molar-refractivity contribution in [2.24, 2.45) is 0 Å². The van der Waals surface area contributed by atoms with E-state index in [0.717, 1.165) is 5.56 Å². The second kappa shape index (κ2) is 8.04. The Balaban J connectivity index is 1.34. The zero-order chi connectivity index (χ0) is 22.2. The summed E-state index contributed by atoms with van der Waals surface area (Å²) in [6.07, 6.45) is -0.441. The van der Waals surface area contributed by atoms with Gasteiger partial charge in [0.1, 0.15) is 30.2 Å². The van der Waals surface area contributed by atoms with Crippen LogP contribution in [0, 0.1) is 12.7 Å². The lowest BCUT2D eigenvalue weighted by atomic mass is 10.1. The number of nitrogens with zero attached hydrogens (tertiary/aromatic N) is 3. The van der Waals surface area contributed by atoms with Crippen LogP contribution >= 0.6 is 0 Å². The van der Waals surface area contributed by atoms with Gasteiger partial charge in [-0.1, -0.05) is 30.3 Å². The van der Waals surface area contributed by atoms with Crippen LogP contribution in [0.25, 0.3) is 0 Å². The molecule has 2 aliphatic rings. The van der Waals surface area contributed by atoms with E-state index in [-0.39, 0.29) is 23.9 Å². The molecule has 5 rings (SSSR count). The number of fused-ring (bicyclic) bond motifs is 2. The molecule has 0 fully saturated rings. The van der Waals surface area contributed by atoms with E-state index in [1.807, 2.05) is 30.3 Å². The molecule has 10 heteroatoms. The standard InChI is InChI=1S/C22H20FN5O4/c1-12-9-14(23)17-16(10-12)32-11-15(21(29)25-17)24-22(30)19-26-20-18(13-5-3-2-4-6-13)31-8-7-28(20)27-19/h2-6,9-10,15,18H,7-8,11H2,1H3,(H,24,30)(H,25,29)/t15?,18-/m0/s1. The molecule has 0 aliphatic carbocycles. The normalized spacial score (nSPS) is 19.8. The Labute approximate surface area is 182 Å². The SMILES string of the molecule is Cc1cc(F)c2c(c1)OCC(NC(=O)c1nc3n(n1)CCO[C@H]3c1ccccc1)C(=O)N2. The van der Waals surface area contributed by atoms with Crippen LogP contribution in [0.3, 0.4) is 0 Å². The van der Waals surface area contributed by atoms with Gasteiger partial charge in [0, 0.05) is 0 Å². The van der Waals surface area contributed by atoms with Gasteiger partial charge >= 0.3 is 0 Å². The number of anilines is 1. The minimum Gasteiger partial charge on any atom is -0.489 e. The Kier molecular flexibility index (Phi) is 5.06. The van der Waals surface area contributed by atoms with Gasteiger partial charge in [-0.25, -0.2) is 14.1 Å². The summed E-state index contributed by atoms with van der Waals surface area (Å²) >= 11 is 0. The van der Waals surface area contributed by atoms with Crippen molar-refractivity contribution in [2.45, 2.75) is 25.6 Å². The second-order valence-corrected chi connectivity index (χ2v) is 7.62. The number of halogens is 1. The summed E-state index contributed by atoms with van der Waals surface area (Å²) < 4.78 is 27.3. The van der Waals surface area contributed by atoms with Crippen molar-refractivity contribution in [3.8, 4) is 5.75 Å². The average molecular weight is 437 g/mol. The number of hydrogen-bond acceptors (Lipinski definition) is 6. The molecule has 1 unspecified atom stereocenters. The third-order valence-electron chi connectivity index (χ3n) is 5.30. The smallest absolute Gasteiger partial charge is 0.291 e. The Morgan fingerprint density at radius 1 is 1.28 bits per heavy atom. The third kappa shape index (κ3) is 3.69. The third-order valence-corrected chi connectivity index (χ3v) is 5.30.